The van der Waals surface area contributed by atoms with E-state index in [1.165, 1.54) is 16.7 Å². The molecule has 1 aromatic carbocycles. The molecule has 1 saturated heterocycles. The van der Waals surface area contributed by atoms with E-state index in [1.807, 2.05) is 0 Å². The van der Waals surface area contributed by atoms with E-state index in [1.54, 1.807) is 25.1 Å². The number of carboxylic acids is 1. The van der Waals surface area contributed by atoms with Gasteiger partial charge < -0.3 is 10.0 Å². The first-order valence-corrected chi connectivity index (χ1v) is 7.35. The molecule has 1 heterocycles. The highest BCUT2D eigenvalue weighted by Gasteiger charge is 2.40. The summed E-state index contributed by atoms with van der Waals surface area (Å²) in [6.07, 6.45) is 0. The van der Waals surface area contributed by atoms with Gasteiger partial charge in [-0.25, -0.2) is 4.79 Å². The fourth-order valence-electron chi connectivity index (χ4n) is 1.97. The van der Waals surface area contributed by atoms with Gasteiger partial charge >= 0.3 is 5.97 Å². The minimum atomic E-state index is -1.02. The summed E-state index contributed by atoms with van der Waals surface area (Å²) in [6, 6.07) is 3.91. The molecule has 19 heavy (non-hydrogen) atoms. The first kappa shape index (κ1) is 14.5. The van der Waals surface area contributed by atoms with Crippen LogP contribution in [0, 0.1) is 0 Å². The van der Waals surface area contributed by atoms with Gasteiger partial charge in [-0.1, -0.05) is 29.3 Å². The Kier molecular flexibility index (Phi) is 4.28. The molecule has 4 nitrogen and oxygen atoms in total. The summed E-state index contributed by atoms with van der Waals surface area (Å²) in [7, 11) is 0. The van der Waals surface area contributed by atoms with E-state index in [0.717, 1.165) is 0 Å². The lowest BCUT2D eigenvalue weighted by Gasteiger charge is -2.25. The highest BCUT2D eigenvalue weighted by Crippen LogP contribution is 2.33. The lowest BCUT2D eigenvalue weighted by Crippen LogP contribution is -2.44. The number of carbonyl (C=O) groups excluding carboxylic acids is 1. The fourth-order valence-corrected chi connectivity index (χ4v) is 3.70. The van der Waals surface area contributed by atoms with Crippen LogP contribution < -0.4 is 0 Å². The Morgan fingerprint density at radius 1 is 1.37 bits per heavy atom. The molecule has 1 aliphatic heterocycles. The summed E-state index contributed by atoms with van der Waals surface area (Å²) < 4.78 is 0. The van der Waals surface area contributed by atoms with Crippen LogP contribution in [0.15, 0.2) is 18.2 Å². The Labute approximate surface area is 124 Å². The number of nitrogens with zero attached hydrogens (tertiary/aromatic N) is 1. The fraction of sp³-hybridized carbons (Fsp3) is 0.333. The summed E-state index contributed by atoms with van der Waals surface area (Å²) in [5, 5.41) is 9.40. The van der Waals surface area contributed by atoms with Gasteiger partial charge in [0, 0.05) is 5.75 Å². The second kappa shape index (κ2) is 5.61. The van der Waals surface area contributed by atoms with Gasteiger partial charge in [0.15, 0.2) is 0 Å². The molecule has 1 fully saturated rings. The third-order valence-electron chi connectivity index (χ3n) is 2.92. The molecule has 2 atom stereocenters. The molecule has 0 radical (unpaired) electrons. The quantitative estimate of drug-likeness (QED) is 0.910. The summed E-state index contributed by atoms with van der Waals surface area (Å²) in [5.74, 6) is -1.10. The van der Waals surface area contributed by atoms with Gasteiger partial charge in [-0.3, -0.25) is 4.79 Å². The zero-order valence-electron chi connectivity index (χ0n) is 9.97. The Hall–Kier alpha value is -0.910. The Bertz CT molecular complexity index is 517. The van der Waals surface area contributed by atoms with Crippen molar-refractivity contribution in [2.45, 2.75) is 18.3 Å². The van der Waals surface area contributed by atoms with Crippen molar-refractivity contribution in [3.8, 4) is 0 Å². The largest absolute Gasteiger partial charge is 0.480 e. The molecule has 1 amide bonds. The predicted molar refractivity (Wildman–Crippen MR) is 76.0 cm³/mol. The molecule has 1 aromatic rings. The Balaban J connectivity index is 2.40. The van der Waals surface area contributed by atoms with Crippen molar-refractivity contribution in [3.63, 3.8) is 0 Å². The number of benzene rings is 1. The lowest BCUT2D eigenvalue weighted by molar-refractivity contribution is -0.141. The van der Waals surface area contributed by atoms with Gasteiger partial charge in [0.25, 0.3) is 5.91 Å². The van der Waals surface area contributed by atoms with E-state index in [4.69, 9.17) is 28.3 Å². The number of amides is 1. The molecule has 0 spiro atoms. The van der Waals surface area contributed by atoms with Crippen LogP contribution in [0.2, 0.25) is 10.0 Å². The van der Waals surface area contributed by atoms with Gasteiger partial charge in [-0.15, -0.1) is 11.8 Å². The standard InChI is InChI=1S/C12H11Cl2NO3S/c1-6-15(9(5-19-6)12(17)18)11(16)10-7(13)3-2-4-8(10)14/h2-4,6,9H,5H2,1H3,(H,17,18). The average molecular weight is 320 g/mol. The Morgan fingerprint density at radius 3 is 2.47 bits per heavy atom. The number of halogens is 2. The van der Waals surface area contributed by atoms with E-state index in [0.29, 0.717) is 5.75 Å². The van der Waals surface area contributed by atoms with Crippen LogP contribution >= 0.6 is 35.0 Å². The maximum atomic E-state index is 12.5. The van der Waals surface area contributed by atoms with E-state index < -0.39 is 17.9 Å². The van der Waals surface area contributed by atoms with Crippen LogP contribution in [0.4, 0.5) is 0 Å². The number of carbonyl (C=O) groups is 2. The molecule has 2 rings (SSSR count). The number of hydrogen-bond donors (Lipinski definition) is 1. The summed E-state index contributed by atoms with van der Waals surface area (Å²) in [5.41, 5.74) is 0.159. The predicted octanol–water partition coefficient (Wildman–Crippen LogP) is 2.98. The lowest BCUT2D eigenvalue weighted by atomic mass is 10.1. The minimum Gasteiger partial charge on any atom is -0.480 e. The maximum Gasteiger partial charge on any atom is 0.327 e. The molecule has 1 N–H and O–H groups in total. The third kappa shape index (κ3) is 2.68. The van der Waals surface area contributed by atoms with E-state index in [-0.39, 0.29) is 21.0 Å². The van der Waals surface area contributed by atoms with Crippen LogP contribution in [0.1, 0.15) is 17.3 Å². The summed E-state index contributed by atoms with van der Waals surface area (Å²) in [6.45, 7) is 1.79. The molecule has 0 saturated carbocycles. The van der Waals surface area contributed by atoms with Crippen molar-refractivity contribution >= 4 is 46.8 Å². The van der Waals surface area contributed by atoms with Gasteiger partial charge in [-0.2, -0.15) is 0 Å². The second-order valence-corrected chi connectivity index (χ2v) is 6.26. The second-order valence-electron chi connectivity index (χ2n) is 4.10. The van der Waals surface area contributed by atoms with Crippen LogP contribution in [0.3, 0.4) is 0 Å². The topological polar surface area (TPSA) is 57.6 Å². The van der Waals surface area contributed by atoms with Crippen LogP contribution in [0.5, 0.6) is 0 Å². The normalized spacial score (nSPS) is 22.6. The van der Waals surface area contributed by atoms with Crippen molar-refractivity contribution < 1.29 is 14.7 Å². The number of rotatable bonds is 2. The minimum absolute atomic E-state index is 0.159. The Morgan fingerprint density at radius 2 is 1.95 bits per heavy atom. The first-order chi connectivity index (χ1) is 8.93. The highest BCUT2D eigenvalue weighted by molar-refractivity contribution is 8.00. The van der Waals surface area contributed by atoms with Crippen molar-refractivity contribution in [1.29, 1.82) is 0 Å². The number of carboxylic acid groups (broad SMARTS) is 1. The molecular weight excluding hydrogens is 309 g/mol. The van der Waals surface area contributed by atoms with E-state index >= 15 is 0 Å². The van der Waals surface area contributed by atoms with Gasteiger partial charge in [-0.05, 0) is 19.1 Å². The molecular formula is C12H11Cl2NO3S. The smallest absolute Gasteiger partial charge is 0.327 e. The van der Waals surface area contributed by atoms with Gasteiger partial charge in [0.1, 0.15) is 6.04 Å². The van der Waals surface area contributed by atoms with Gasteiger partial charge in [0.2, 0.25) is 0 Å². The molecule has 102 valence electrons. The van der Waals surface area contributed by atoms with Crippen molar-refractivity contribution in [1.82, 2.24) is 4.90 Å². The zero-order chi connectivity index (χ0) is 14.2. The molecule has 7 heteroatoms. The van der Waals surface area contributed by atoms with Crippen molar-refractivity contribution in [2.75, 3.05) is 5.75 Å². The number of aliphatic carboxylic acids is 1. The van der Waals surface area contributed by atoms with E-state index in [2.05, 4.69) is 0 Å². The summed E-state index contributed by atoms with van der Waals surface area (Å²) >= 11 is 13.4. The van der Waals surface area contributed by atoms with Crippen LogP contribution in [-0.4, -0.2) is 39.1 Å². The van der Waals surface area contributed by atoms with E-state index in [9.17, 15) is 9.59 Å². The van der Waals surface area contributed by atoms with Gasteiger partial charge in [0.05, 0.1) is 21.0 Å². The number of hydrogen-bond acceptors (Lipinski definition) is 3. The highest BCUT2D eigenvalue weighted by atomic mass is 35.5. The first-order valence-electron chi connectivity index (χ1n) is 5.54. The van der Waals surface area contributed by atoms with Crippen LogP contribution in [0.25, 0.3) is 0 Å². The zero-order valence-corrected chi connectivity index (χ0v) is 12.3. The van der Waals surface area contributed by atoms with Crippen molar-refractivity contribution in [2.24, 2.45) is 0 Å². The average Bonchev–Trinajstić information content (AvgIpc) is 2.70. The van der Waals surface area contributed by atoms with Crippen molar-refractivity contribution in [3.05, 3.63) is 33.8 Å². The molecule has 0 aliphatic carbocycles. The van der Waals surface area contributed by atoms with Crippen LogP contribution in [-0.2, 0) is 4.79 Å². The monoisotopic (exact) mass is 319 g/mol. The molecule has 1 aliphatic rings. The third-order valence-corrected chi connectivity index (χ3v) is 4.77. The molecule has 0 bridgehead atoms. The SMILES string of the molecule is CC1SCC(C(=O)O)N1C(=O)c1c(Cl)cccc1Cl. The maximum absolute atomic E-state index is 12.5. The summed E-state index contributed by atoms with van der Waals surface area (Å²) in [4.78, 5) is 25.0. The molecule has 2 unspecified atom stereocenters. The molecule has 0 aromatic heterocycles. The number of thioether (sulfide) groups is 1.